The van der Waals surface area contributed by atoms with Crippen molar-refractivity contribution in [3.63, 3.8) is 0 Å². The molecule has 3 aromatic rings. The van der Waals surface area contributed by atoms with E-state index in [9.17, 15) is 4.39 Å². The molecule has 2 aromatic carbocycles. The van der Waals surface area contributed by atoms with Crippen LogP contribution in [0.5, 0.6) is 0 Å². The van der Waals surface area contributed by atoms with Crippen molar-refractivity contribution in [2.24, 2.45) is 10.1 Å². The molecule has 0 saturated heterocycles. The van der Waals surface area contributed by atoms with Crippen LogP contribution in [-0.2, 0) is 0 Å². The molecule has 0 unspecified atom stereocenters. The quantitative estimate of drug-likeness (QED) is 0.500. The average Bonchev–Trinajstić information content (AvgIpc) is 3.04. The van der Waals surface area contributed by atoms with Gasteiger partial charge in [-0.1, -0.05) is 12.1 Å². The van der Waals surface area contributed by atoms with Gasteiger partial charge in [-0.3, -0.25) is 4.99 Å². The Hall–Kier alpha value is -2.18. The lowest BCUT2D eigenvalue weighted by atomic mass is 10.2. The maximum atomic E-state index is 13.2. The molecule has 0 N–H and O–H groups in total. The summed E-state index contributed by atoms with van der Waals surface area (Å²) in [7, 11) is 1.74. The minimum atomic E-state index is -0.252. The first kappa shape index (κ1) is 16.7. The Bertz CT molecular complexity index is 907. The molecule has 0 aliphatic carbocycles. The van der Waals surface area contributed by atoms with Crippen molar-refractivity contribution in [2.75, 3.05) is 13.3 Å². The van der Waals surface area contributed by atoms with E-state index >= 15 is 0 Å². The molecule has 24 heavy (non-hydrogen) atoms. The van der Waals surface area contributed by atoms with Gasteiger partial charge in [-0.15, -0.1) is 23.1 Å². The van der Waals surface area contributed by atoms with Crippen LogP contribution in [0.4, 0.5) is 4.39 Å². The molecule has 3 rings (SSSR count). The predicted octanol–water partition coefficient (Wildman–Crippen LogP) is 4.49. The topological polar surface area (TPSA) is 29.6 Å². The van der Waals surface area contributed by atoms with Crippen LogP contribution in [-0.4, -0.2) is 24.2 Å². The smallest absolute Gasteiger partial charge is 0.205 e. The largest absolute Gasteiger partial charge is 0.261 e. The summed E-state index contributed by atoms with van der Waals surface area (Å²) in [6.07, 6.45) is 3.85. The summed E-state index contributed by atoms with van der Waals surface area (Å²) in [5.41, 5.74) is 2.80. The summed E-state index contributed by atoms with van der Waals surface area (Å²) in [5, 5.41) is 6.55. The van der Waals surface area contributed by atoms with Gasteiger partial charge in [-0.05, 0) is 48.2 Å². The summed E-state index contributed by atoms with van der Waals surface area (Å²) in [5.74, 6) is -0.252. The minimum Gasteiger partial charge on any atom is -0.261 e. The summed E-state index contributed by atoms with van der Waals surface area (Å²) >= 11 is 3.21. The Morgan fingerprint density at radius 1 is 1.08 bits per heavy atom. The Kier molecular flexibility index (Phi) is 5.27. The average molecular weight is 357 g/mol. The molecule has 0 bridgehead atoms. The van der Waals surface area contributed by atoms with Crippen molar-refractivity contribution in [2.45, 2.75) is 4.90 Å². The molecule has 0 saturated carbocycles. The van der Waals surface area contributed by atoms with E-state index in [-0.39, 0.29) is 5.82 Å². The zero-order valence-electron chi connectivity index (χ0n) is 13.3. The molecule has 0 atom stereocenters. The van der Waals surface area contributed by atoms with E-state index in [0.717, 1.165) is 21.6 Å². The molecule has 3 nitrogen and oxygen atoms in total. The van der Waals surface area contributed by atoms with Crippen molar-refractivity contribution in [3.05, 3.63) is 70.1 Å². The van der Waals surface area contributed by atoms with E-state index < -0.39 is 0 Å². The number of hydrogen-bond donors (Lipinski definition) is 0. The summed E-state index contributed by atoms with van der Waals surface area (Å²) in [6, 6.07) is 14.6. The number of halogens is 1. The van der Waals surface area contributed by atoms with Crippen LogP contribution in [0.3, 0.4) is 0 Å². The van der Waals surface area contributed by atoms with Crippen LogP contribution in [0.15, 0.2) is 68.9 Å². The third-order valence-electron chi connectivity index (χ3n) is 3.45. The van der Waals surface area contributed by atoms with Gasteiger partial charge in [0.1, 0.15) is 5.82 Å². The fourth-order valence-corrected chi connectivity index (χ4v) is 3.41. The summed E-state index contributed by atoms with van der Waals surface area (Å²) in [6.45, 7) is 0. The first-order chi connectivity index (χ1) is 11.7. The number of thiazole rings is 1. The van der Waals surface area contributed by atoms with Crippen molar-refractivity contribution in [1.29, 1.82) is 0 Å². The van der Waals surface area contributed by atoms with E-state index in [0.29, 0.717) is 0 Å². The zero-order chi connectivity index (χ0) is 16.9. The second-order valence-corrected chi connectivity index (χ2v) is 6.68. The molecule has 0 radical (unpaired) electrons. The predicted molar refractivity (Wildman–Crippen MR) is 100 cm³/mol. The van der Waals surface area contributed by atoms with Gasteiger partial charge < -0.3 is 0 Å². The highest BCUT2D eigenvalue weighted by Crippen LogP contribution is 2.20. The van der Waals surface area contributed by atoms with Crippen LogP contribution in [0.1, 0.15) is 5.56 Å². The molecule has 122 valence electrons. The summed E-state index contributed by atoms with van der Waals surface area (Å²) < 4.78 is 14.9. The molecular weight excluding hydrogens is 341 g/mol. The zero-order valence-corrected chi connectivity index (χ0v) is 14.9. The number of nitrogens with zero attached hydrogens (tertiary/aromatic N) is 3. The van der Waals surface area contributed by atoms with Gasteiger partial charge in [-0.25, -0.2) is 9.07 Å². The Balaban J connectivity index is 1.98. The lowest BCUT2D eigenvalue weighted by molar-refractivity contribution is 0.628. The number of aromatic nitrogens is 1. The number of benzene rings is 2. The van der Waals surface area contributed by atoms with E-state index in [1.807, 2.05) is 23.8 Å². The molecule has 0 fully saturated rings. The van der Waals surface area contributed by atoms with E-state index in [2.05, 4.69) is 22.2 Å². The molecule has 0 amide bonds. The van der Waals surface area contributed by atoms with Gasteiger partial charge in [0.15, 0.2) is 0 Å². The second-order valence-electron chi connectivity index (χ2n) is 4.96. The van der Waals surface area contributed by atoms with Gasteiger partial charge in [-0.2, -0.15) is 5.10 Å². The molecule has 0 aliphatic heterocycles. The standard InChI is InChI=1S/C18H16FN3S2/c1-20-18-22(21-11-13-3-9-16(23-2)10-4-13)17(12-24-18)14-5-7-15(19)8-6-14/h3-12H,1-2H3/b20-18?,21-11-. The molecule has 0 aliphatic rings. The van der Waals surface area contributed by atoms with Gasteiger partial charge >= 0.3 is 0 Å². The monoisotopic (exact) mass is 357 g/mol. The van der Waals surface area contributed by atoms with Gasteiger partial charge in [0.05, 0.1) is 11.9 Å². The van der Waals surface area contributed by atoms with Crippen molar-refractivity contribution in [3.8, 4) is 11.3 Å². The normalized spacial score (nSPS) is 12.2. The molecule has 1 aromatic heterocycles. The fraction of sp³-hybridized carbons (Fsp3) is 0.111. The Morgan fingerprint density at radius 3 is 2.42 bits per heavy atom. The van der Waals surface area contributed by atoms with Crippen molar-refractivity contribution < 1.29 is 4.39 Å². The van der Waals surface area contributed by atoms with Crippen LogP contribution < -0.4 is 4.80 Å². The third-order valence-corrected chi connectivity index (χ3v) is 5.11. The highest BCUT2D eigenvalue weighted by Gasteiger charge is 2.07. The Morgan fingerprint density at radius 2 is 1.79 bits per heavy atom. The lowest BCUT2D eigenvalue weighted by Crippen LogP contribution is -2.11. The van der Waals surface area contributed by atoms with Crippen LogP contribution in [0.25, 0.3) is 11.3 Å². The molecule has 6 heteroatoms. The number of thioether (sulfide) groups is 1. The summed E-state index contributed by atoms with van der Waals surface area (Å²) in [4.78, 5) is 6.26. The molecule has 0 spiro atoms. The van der Waals surface area contributed by atoms with Crippen LogP contribution >= 0.6 is 23.1 Å². The second kappa shape index (κ2) is 7.59. The van der Waals surface area contributed by atoms with Crippen LogP contribution in [0, 0.1) is 5.82 Å². The third kappa shape index (κ3) is 3.66. The van der Waals surface area contributed by atoms with Crippen molar-refractivity contribution >= 4 is 29.3 Å². The SMILES string of the molecule is CN=c1scc(-c2ccc(F)cc2)n1/N=C\c1ccc(SC)cc1. The first-order valence-electron chi connectivity index (χ1n) is 7.29. The van der Waals surface area contributed by atoms with E-state index in [4.69, 9.17) is 0 Å². The Labute approximate surface area is 148 Å². The lowest BCUT2D eigenvalue weighted by Gasteiger charge is -2.03. The highest BCUT2D eigenvalue weighted by atomic mass is 32.2. The maximum Gasteiger partial charge on any atom is 0.205 e. The van der Waals surface area contributed by atoms with Crippen LogP contribution in [0.2, 0.25) is 0 Å². The molecule has 1 heterocycles. The van der Waals surface area contributed by atoms with E-state index in [1.54, 1.807) is 41.8 Å². The van der Waals surface area contributed by atoms with Gasteiger partial charge in [0, 0.05) is 22.9 Å². The van der Waals surface area contributed by atoms with Gasteiger partial charge in [0.2, 0.25) is 4.80 Å². The van der Waals surface area contributed by atoms with Gasteiger partial charge in [0.25, 0.3) is 0 Å². The fourth-order valence-electron chi connectivity index (χ4n) is 2.20. The van der Waals surface area contributed by atoms with Crippen molar-refractivity contribution in [1.82, 2.24) is 4.68 Å². The minimum absolute atomic E-state index is 0.252. The highest BCUT2D eigenvalue weighted by molar-refractivity contribution is 7.98. The maximum absolute atomic E-state index is 13.2. The first-order valence-corrected chi connectivity index (χ1v) is 9.39. The number of rotatable bonds is 4. The number of hydrogen-bond acceptors (Lipinski definition) is 4. The molecular formula is C18H16FN3S2. The van der Waals surface area contributed by atoms with E-state index in [1.165, 1.54) is 28.4 Å².